The van der Waals surface area contributed by atoms with Crippen LogP contribution in [-0.2, 0) is 0 Å². The zero-order valence-corrected chi connectivity index (χ0v) is 15.1. The Morgan fingerprint density at radius 2 is 1.87 bits per heavy atom. The van der Waals surface area contributed by atoms with Gasteiger partial charge in [0.15, 0.2) is 16.8 Å². The van der Waals surface area contributed by atoms with E-state index in [0.29, 0.717) is 28.8 Å². The first kappa shape index (κ1) is 19.1. The number of nitrogens with zero attached hydrogens (tertiary/aromatic N) is 4. The summed E-state index contributed by atoms with van der Waals surface area (Å²) in [5, 5.41) is 9.13. The number of aliphatic imine (C=N–C) groups is 1. The maximum absolute atomic E-state index is 6.28. The minimum Gasteiger partial charge on any atom is -0.280 e. The molecule has 0 spiro atoms. The fourth-order valence-electron chi connectivity index (χ4n) is 1.70. The molecule has 0 bridgehead atoms. The topological polar surface area (TPSA) is 43.1 Å². The van der Waals surface area contributed by atoms with Crippen LogP contribution in [-0.4, -0.2) is 19.9 Å². The molecule has 1 heterocycles. The lowest BCUT2D eigenvalue weighted by Gasteiger charge is -2.07. The number of allylic oxidation sites excluding steroid dienone is 7. The van der Waals surface area contributed by atoms with Crippen LogP contribution in [0, 0.1) is 0 Å². The molecular weight excluding hydrogens is 331 g/mol. The van der Waals surface area contributed by atoms with Crippen LogP contribution in [0.2, 0.25) is 0 Å². The molecule has 0 aliphatic heterocycles. The fraction of sp³-hybridized carbons (Fsp3) is 0.235. The van der Waals surface area contributed by atoms with Crippen molar-refractivity contribution in [1.29, 1.82) is 0 Å². The number of halogens is 2. The minimum absolute atomic E-state index is 0.219. The third-order valence-corrected chi connectivity index (χ3v) is 3.63. The largest absolute Gasteiger partial charge is 0.280 e. The Kier molecular flexibility index (Phi) is 7.72. The normalized spacial score (nSPS) is 13.7. The molecule has 0 saturated carbocycles. The lowest BCUT2D eigenvalue weighted by atomic mass is 10.2. The molecule has 0 saturated heterocycles. The van der Waals surface area contributed by atoms with Gasteiger partial charge in [-0.15, -0.1) is 10.2 Å². The van der Waals surface area contributed by atoms with Crippen LogP contribution in [0.15, 0.2) is 53.2 Å². The lowest BCUT2D eigenvalue weighted by Crippen LogP contribution is -2.05. The quantitative estimate of drug-likeness (QED) is 0.488. The maximum Gasteiger partial charge on any atom is 0.198 e. The van der Waals surface area contributed by atoms with E-state index in [9.17, 15) is 0 Å². The van der Waals surface area contributed by atoms with Gasteiger partial charge in [0.25, 0.3) is 0 Å². The summed E-state index contributed by atoms with van der Waals surface area (Å²) in [6, 6.07) is 0. The molecule has 0 aliphatic rings. The molecule has 0 atom stereocenters. The summed E-state index contributed by atoms with van der Waals surface area (Å²) in [5.74, 6) is 0.980. The van der Waals surface area contributed by atoms with Crippen molar-refractivity contribution in [3.05, 3.63) is 59.8 Å². The van der Waals surface area contributed by atoms with Crippen LogP contribution in [0.4, 0.5) is 0 Å². The Labute approximate surface area is 147 Å². The molecule has 1 aromatic rings. The maximum atomic E-state index is 6.28. The van der Waals surface area contributed by atoms with Crippen molar-refractivity contribution in [1.82, 2.24) is 14.8 Å². The molecule has 0 unspecified atom stereocenters. The van der Waals surface area contributed by atoms with Crippen LogP contribution in [0.1, 0.15) is 38.8 Å². The number of rotatable bonds is 7. The van der Waals surface area contributed by atoms with Gasteiger partial charge in [-0.25, -0.2) is 4.99 Å². The van der Waals surface area contributed by atoms with E-state index in [-0.39, 0.29) is 5.17 Å². The summed E-state index contributed by atoms with van der Waals surface area (Å²) in [5.41, 5.74) is 1.41. The molecule has 122 valence electrons. The second-order valence-corrected chi connectivity index (χ2v) is 5.22. The average molecular weight is 351 g/mol. The number of hydrogen-bond donors (Lipinski definition) is 0. The number of aromatic nitrogens is 3. The first-order valence-electron chi connectivity index (χ1n) is 7.15. The van der Waals surface area contributed by atoms with Crippen LogP contribution >= 0.6 is 23.2 Å². The van der Waals surface area contributed by atoms with E-state index in [1.54, 1.807) is 29.0 Å². The van der Waals surface area contributed by atoms with Gasteiger partial charge in [0.1, 0.15) is 0 Å². The third-order valence-electron chi connectivity index (χ3n) is 2.96. The molecule has 0 N–H and O–H groups in total. The van der Waals surface area contributed by atoms with Crippen LogP contribution in [0.25, 0.3) is 11.8 Å². The van der Waals surface area contributed by atoms with E-state index in [1.807, 2.05) is 26.8 Å². The van der Waals surface area contributed by atoms with Crippen molar-refractivity contribution in [2.45, 2.75) is 27.2 Å². The van der Waals surface area contributed by atoms with E-state index in [0.717, 1.165) is 5.57 Å². The van der Waals surface area contributed by atoms with Gasteiger partial charge in [0, 0.05) is 22.5 Å². The molecule has 23 heavy (non-hydrogen) atoms. The Bertz CT molecular complexity index is 706. The summed E-state index contributed by atoms with van der Waals surface area (Å²) < 4.78 is 1.72. The Morgan fingerprint density at radius 3 is 2.39 bits per heavy atom. The van der Waals surface area contributed by atoms with Gasteiger partial charge in [-0.3, -0.25) is 4.57 Å². The first-order chi connectivity index (χ1) is 11.0. The number of hydrogen-bond acceptors (Lipinski definition) is 3. The molecule has 1 aromatic heterocycles. The summed E-state index contributed by atoms with van der Waals surface area (Å²) in [7, 11) is 0. The van der Waals surface area contributed by atoms with Crippen molar-refractivity contribution < 1.29 is 0 Å². The van der Waals surface area contributed by atoms with Gasteiger partial charge in [-0.2, -0.15) is 0 Å². The highest BCUT2D eigenvalue weighted by Crippen LogP contribution is 2.26. The van der Waals surface area contributed by atoms with Crippen molar-refractivity contribution >= 4 is 40.1 Å². The highest BCUT2D eigenvalue weighted by molar-refractivity contribution is 6.69. The van der Waals surface area contributed by atoms with Gasteiger partial charge < -0.3 is 0 Å². The molecule has 0 aliphatic carbocycles. The Morgan fingerprint density at radius 1 is 1.22 bits per heavy atom. The molecule has 4 nitrogen and oxygen atoms in total. The summed E-state index contributed by atoms with van der Waals surface area (Å²) >= 11 is 12.5. The standard InChI is InChI=1S/C17H20Cl2N4/c1-6-10-11-23-16(13(8-3)14(18)9-4)21-22-17(23)15(19)20-12(5)7-2/h6,8-11H,1,5,7H2,2-4H3. The SMILES string of the molecule is C=CC=Cn1c(C(=CC)C(Cl)=CC)nnc1C(Cl)=NC(=C)CC. The lowest BCUT2D eigenvalue weighted by molar-refractivity contribution is 1.05. The van der Waals surface area contributed by atoms with Gasteiger partial charge in [0.05, 0.1) is 0 Å². The molecule has 0 radical (unpaired) electrons. The zero-order valence-electron chi connectivity index (χ0n) is 13.6. The van der Waals surface area contributed by atoms with Crippen molar-refractivity contribution in [2.24, 2.45) is 4.99 Å². The summed E-state index contributed by atoms with van der Waals surface area (Å²) in [4.78, 5) is 4.24. The summed E-state index contributed by atoms with van der Waals surface area (Å²) in [6.45, 7) is 13.2. The highest BCUT2D eigenvalue weighted by Gasteiger charge is 2.18. The van der Waals surface area contributed by atoms with Gasteiger partial charge in [-0.05, 0) is 26.3 Å². The molecule has 1 rings (SSSR count). The Hall–Kier alpha value is -1.91. The first-order valence-corrected chi connectivity index (χ1v) is 7.90. The minimum atomic E-state index is 0.219. The Balaban J connectivity index is 3.52. The second-order valence-electron chi connectivity index (χ2n) is 4.46. The van der Waals surface area contributed by atoms with Gasteiger partial charge in [-0.1, -0.05) is 61.5 Å². The van der Waals surface area contributed by atoms with Crippen molar-refractivity contribution in [2.75, 3.05) is 0 Å². The van der Waals surface area contributed by atoms with Crippen molar-refractivity contribution in [3.8, 4) is 0 Å². The van der Waals surface area contributed by atoms with Crippen LogP contribution in [0.3, 0.4) is 0 Å². The third kappa shape index (κ3) is 4.78. The predicted octanol–water partition coefficient (Wildman–Crippen LogP) is 5.39. The van der Waals surface area contributed by atoms with E-state index in [2.05, 4.69) is 28.3 Å². The zero-order chi connectivity index (χ0) is 17.4. The second kappa shape index (κ2) is 9.28. The molecule has 0 amide bonds. The molecule has 0 fully saturated rings. The average Bonchev–Trinajstić information content (AvgIpc) is 2.96. The van der Waals surface area contributed by atoms with Crippen LogP contribution < -0.4 is 0 Å². The predicted molar refractivity (Wildman–Crippen MR) is 101 cm³/mol. The smallest absolute Gasteiger partial charge is 0.198 e. The van der Waals surface area contributed by atoms with Gasteiger partial charge in [0.2, 0.25) is 0 Å². The monoisotopic (exact) mass is 350 g/mol. The van der Waals surface area contributed by atoms with Crippen LogP contribution in [0.5, 0.6) is 0 Å². The molecule has 6 heteroatoms. The van der Waals surface area contributed by atoms with E-state index in [4.69, 9.17) is 23.2 Å². The van der Waals surface area contributed by atoms with E-state index < -0.39 is 0 Å². The van der Waals surface area contributed by atoms with Crippen molar-refractivity contribution in [3.63, 3.8) is 0 Å². The van der Waals surface area contributed by atoms with E-state index >= 15 is 0 Å². The van der Waals surface area contributed by atoms with Gasteiger partial charge >= 0.3 is 0 Å². The highest BCUT2D eigenvalue weighted by atomic mass is 35.5. The molecule has 0 aromatic carbocycles. The molecular formula is C17H20Cl2N4. The van der Waals surface area contributed by atoms with E-state index in [1.165, 1.54) is 0 Å². The fourth-order valence-corrected chi connectivity index (χ4v) is 2.14. The summed E-state index contributed by atoms with van der Waals surface area (Å²) in [6.07, 6.45) is 9.52.